The van der Waals surface area contributed by atoms with Gasteiger partial charge in [-0.1, -0.05) is 91.3 Å². The number of nitrogens with two attached hydrogens (primary N) is 2. The van der Waals surface area contributed by atoms with Gasteiger partial charge in [-0.25, -0.2) is 24.7 Å². The molecule has 20 heteroatoms. The number of nitrogen functional groups attached to an aromatic ring is 1. The van der Waals surface area contributed by atoms with E-state index in [0.717, 1.165) is 5.52 Å². The Balaban J connectivity index is 0. The zero-order chi connectivity index (χ0) is 46.2. The van der Waals surface area contributed by atoms with Crippen LogP contribution in [0.4, 0.5) is 17.1 Å². The number of hydrogen-bond acceptors (Lipinski definition) is 13. The number of aromatic carboxylic acids is 1. The van der Waals surface area contributed by atoms with E-state index in [4.69, 9.17) is 27.2 Å². The molecule has 3 aromatic heterocycles. The Labute approximate surface area is 349 Å². The van der Waals surface area contributed by atoms with Gasteiger partial charge in [0.25, 0.3) is 22.5 Å². The van der Waals surface area contributed by atoms with E-state index in [-0.39, 0.29) is 45.0 Å². The van der Waals surface area contributed by atoms with E-state index in [1.807, 2.05) is 73.6 Å². The number of hydrogen-bond donors (Lipinski definition) is 5. The number of amides is 1. The highest BCUT2D eigenvalue weighted by Gasteiger charge is 2.10. The first-order valence-corrected chi connectivity index (χ1v) is 18.6. The summed E-state index contributed by atoms with van der Waals surface area (Å²) in [6, 6.07) is 21.9. The van der Waals surface area contributed by atoms with Gasteiger partial charge in [0.15, 0.2) is 0 Å². The lowest BCUT2D eigenvalue weighted by Gasteiger charge is -1.97. The summed E-state index contributed by atoms with van der Waals surface area (Å²) in [5.74, 6) is -0.988. The molecule has 7 N–H and O–H groups in total. The summed E-state index contributed by atoms with van der Waals surface area (Å²) in [6.07, 6.45) is 4.23. The molecule has 1 amide bonds. The number of carboxylic acid groups (broad SMARTS) is 1. The lowest BCUT2D eigenvalue weighted by atomic mass is 10.2. The number of non-ortho nitro benzene ring substituents is 2. The van der Waals surface area contributed by atoms with E-state index in [9.17, 15) is 34.6 Å². The van der Waals surface area contributed by atoms with Gasteiger partial charge < -0.3 is 26.5 Å². The van der Waals surface area contributed by atoms with Crippen LogP contribution < -0.4 is 22.6 Å². The van der Waals surface area contributed by atoms with Crippen molar-refractivity contribution in [2.45, 2.75) is 55.4 Å². The number of rotatable bonds is 3. The fourth-order valence-electron chi connectivity index (χ4n) is 4.01. The first kappa shape index (κ1) is 54.4. The van der Waals surface area contributed by atoms with Crippen molar-refractivity contribution in [3.05, 3.63) is 156 Å². The highest BCUT2D eigenvalue weighted by molar-refractivity contribution is 6.34. The Morgan fingerprint density at radius 1 is 0.667 bits per heavy atom. The average Bonchev–Trinajstić information content (AvgIpc) is 3.28. The quantitative estimate of drug-likeness (QED) is 0.0369. The Morgan fingerprint density at radius 2 is 1.08 bits per heavy atom. The maximum Gasteiger partial charge on any atom is 0.337 e. The Morgan fingerprint density at radius 3 is 1.53 bits per heavy atom. The van der Waals surface area contributed by atoms with Crippen LogP contribution in [-0.2, 0) is 4.79 Å². The Hall–Kier alpha value is -7.67. The molecule has 0 aliphatic rings. The number of nitrogens with one attached hydrogen (secondary N) is 2. The number of H-pyrrole nitrogens is 2. The molecule has 0 unspecified atom stereocenters. The van der Waals surface area contributed by atoms with Crippen molar-refractivity contribution < 1.29 is 24.5 Å². The maximum atomic E-state index is 11.2. The van der Waals surface area contributed by atoms with Gasteiger partial charge in [-0.2, -0.15) is 0 Å². The summed E-state index contributed by atoms with van der Waals surface area (Å²) in [5, 5.41) is 31.0. The van der Waals surface area contributed by atoms with Gasteiger partial charge in [0.1, 0.15) is 11.5 Å². The summed E-state index contributed by atoms with van der Waals surface area (Å²) >= 11 is 5.76. The number of benzene rings is 4. The molecule has 7 rings (SSSR count). The Bertz CT molecular complexity index is 2490. The molecular weight excluding hydrogens is 800 g/mol. The van der Waals surface area contributed by atoms with E-state index < -0.39 is 15.8 Å². The molecule has 0 bridgehead atoms. The molecule has 0 aliphatic heterocycles. The topological polar surface area (TPSA) is 310 Å². The molecule has 3 heterocycles. The number of carboxylic acids is 1. The normalized spacial score (nSPS) is 8.82. The van der Waals surface area contributed by atoms with Crippen molar-refractivity contribution in [1.82, 2.24) is 29.9 Å². The molecule has 4 aromatic carbocycles. The van der Waals surface area contributed by atoms with Crippen molar-refractivity contribution in [2.75, 3.05) is 5.73 Å². The number of fused-ring (bicyclic) bond motifs is 3. The number of anilines is 1. The number of carbonyl (C=O) groups is 2. The van der Waals surface area contributed by atoms with Crippen LogP contribution in [0.1, 0.15) is 65.7 Å². The number of primary amides is 1. The number of halogens is 1. The summed E-state index contributed by atoms with van der Waals surface area (Å²) in [4.78, 5) is 81.5. The predicted molar refractivity (Wildman–Crippen MR) is 236 cm³/mol. The van der Waals surface area contributed by atoms with Gasteiger partial charge in [-0.3, -0.25) is 34.6 Å². The molecule has 7 aromatic rings. The summed E-state index contributed by atoms with van der Waals surface area (Å²) < 4.78 is 0. The largest absolute Gasteiger partial charge is 0.478 e. The Kier molecular flexibility index (Phi) is 28.5. The molecule has 19 nitrogen and oxygen atoms in total. The van der Waals surface area contributed by atoms with Crippen molar-refractivity contribution in [1.29, 1.82) is 0 Å². The summed E-state index contributed by atoms with van der Waals surface area (Å²) in [6.45, 7) is 16.0. The second kappa shape index (κ2) is 31.4. The first-order chi connectivity index (χ1) is 28.9. The van der Waals surface area contributed by atoms with Crippen LogP contribution in [0.25, 0.3) is 32.7 Å². The molecule has 0 saturated carbocycles. The lowest BCUT2D eigenvalue weighted by molar-refractivity contribution is -0.384. The third kappa shape index (κ3) is 18.1. The van der Waals surface area contributed by atoms with Crippen molar-refractivity contribution >= 4 is 73.8 Å². The SMILES string of the molecule is CC.CC.CC.CC.NC=O.Nc1ccccc1C(=O)O.O=[N+]([O-])c1ccc2ncnc(Cl)c2c1.O=c1[nH]cnc2ccc([N+](=O)[O-])cc12.O=c1[nH]cnc2ccccc12. The van der Waals surface area contributed by atoms with E-state index in [0.29, 0.717) is 27.5 Å². The third-order valence-corrected chi connectivity index (χ3v) is 6.66. The fraction of sp³-hybridized carbons (Fsp3) is 0.200. The van der Waals surface area contributed by atoms with Gasteiger partial charge in [0.2, 0.25) is 6.41 Å². The van der Waals surface area contributed by atoms with Gasteiger partial charge in [-0.05, 0) is 36.4 Å². The smallest absolute Gasteiger partial charge is 0.337 e. The molecule has 60 heavy (non-hydrogen) atoms. The van der Waals surface area contributed by atoms with Crippen molar-refractivity contribution in [3.8, 4) is 0 Å². The highest BCUT2D eigenvalue weighted by atomic mass is 35.5. The second-order valence-corrected chi connectivity index (χ2v) is 9.95. The van der Waals surface area contributed by atoms with Crippen LogP contribution in [0.5, 0.6) is 0 Å². The number of nitro groups is 2. The van der Waals surface area contributed by atoms with E-state index in [2.05, 4.69) is 35.6 Å². The molecule has 0 aliphatic carbocycles. The number of nitrogens with zero attached hydrogens (tertiary/aromatic N) is 6. The average molecular weight is 849 g/mol. The highest BCUT2D eigenvalue weighted by Crippen LogP contribution is 2.23. The number of aromatic nitrogens is 6. The maximum absolute atomic E-state index is 11.2. The fourth-order valence-corrected chi connectivity index (χ4v) is 4.20. The standard InChI is InChI=1S/C8H4ClN3O2.C8H5N3O3.C8H6N2O.C7H7NO2.4C2H6.CH3NO/c9-8-6-3-5(12(13)14)1-2-7(6)10-4-11-8;12-8-6-3-5(11(13)14)1-2-7(6)9-4-10-8;11-8-6-3-1-2-4-7(6)9-5-10-8;8-6-4-2-1-3-5(6)7(9)10;4*1-2;2-1-3/h1-4H;1-4H,(H,9,10,12);1-5H,(H,9,10,11);1-4H,8H2,(H,9,10);4*1-2H3;1H,(H2,2,3). The molecular formula is C40H49ClN10O9. The van der Waals surface area contributed by atoms with Crippen molar-refractivity contribution in [3.63, 3.8) is 0 Å². The van der Waals surface area contributed by atoms with Crippen LogP contribution in [0.15, 0.2) is 114 Å². The lowest BCUT2D eigenvalue weighted by Crippen LogP contribution is -2.06. The minimum Gasteiger partial charge on any atom is -0.478 e. The number of nitro benzene ring substituents is 2. The van der Waals surface area contributed by atoms with Crippen molar-refractivity contribution in [2.24, 2.45) is 5.73 Å². The van der Waals surface area contributed by atoms with Crippen LogP contribution in [-0.4, -0.2) is 57.2 Å². The molecule has 320 valence electrons. The van der Waals surface area contributed by atoms with Gasteiger partial charge >= 0.3 is 5.97 Å². The minimum atomic E-state index is -0.988. The van der Waals surface area contributed by atoms with Crippen LogP contribution in [0.3, 0.4) is 0 Å². The second-order valence-electron chi connectivity index (χ2n) is 9.59. The third-order valence-electron chi connectivity index (χ3n) is 6.36. The predicted octanol–water partition coefficient (Wildman–Crippen LogP) is 8.12. The van der Waals surface area contributed by atoms with Crippen LogP contribution >= 0.6 is 11.6 Å². The van der Waals surface area contributed by atoms with Crippen LogP contribution in [0, 0.1) is 20.2 Å². The number of para-hydroxylation sites is 2. The van der Waals surface area contributed by atoms with E-state index >= 15 is 0 Å². The van der Waals surface area contributed by atoms with Gasteiger partial charge in [0, 0.05) is 35.3 Å². The minimum absolute atomic E-state index is 0.0193. The van der Waals surface area contributed by atoms with Crippen LogP contribution in [0.2, 0.25) is 5.15 Å². The first-order valence-electron chi connectivity index (χ1n) is 18.2. The zero-order valence-corrected chi connectivity index (χ0v) is 35.1. The molecule has 0 spiro atoms. The van der Waals surface area contributed by atoms with E-state index in [1.54, 1.807) is 30.3 Å². The van der Waals surface area contributed by atoms with E-state index in [1.165, 1.54) is 55.4 Å². The molecule has 0 fully saturated rings. The molecule has 0 radical (unpaired) electrons. The molecule has 0 atom stereocenters. The summed E-state index contributed by atoms with van der Waals surface area (Å²) in [5.41, 5.74) is 11.1. The number of aromatic amines is 2. The molecule has 0 saturated heterocycles. The number of carbonyl (C=O) groups excluding carboxylic acids is 1. The zero-order valence-electron chi connectivity index (χ0n) is 34.3. The monoisotopic (exact) mass is 848 g/mol. The summed E-state index contributed by atoms with van der Waals surface area (Å²) in [7, 11) is 0. The van der Waals surface area contributed by atoms with Gasteiger partial charge in [0.05, 0.1) is 55.4 Å². The van der Waals surface area contributed by atoms with Gasteiger partial charge in [-0.15, -0.1) is 0 Å².